The minimum Gasteiger partial charge on any atom is -0.371 e. The van der Waals surface area contributed by atoms with Crippen LogP contribution < -0.4 is 10.5 Å². The van der Waals surface area contributed by atoms with E-state index in [1.165, 1.54) is 15.9 Å². The van der Waals surface area contributed by atoms with E-state index in [4.69, 9.17) is 4.52 Å². The van der Waals surface area contributed by atoms with Crippen molar-refractivity contribution in [2.75, 3.05) is 18.0 Å². The number of nitrogens with zero attached hydrogens (tertiary/aromatic N) is 8. The Balaban J connectivity index is 0.989. The summed E-state index contributed by atoms with van der Waals surface area (Å²) in [5.41, 5.74) is 3.93. The first kappa shape index (κ1) is 21.0. The number of rotatable bonds is 6. The summed E-state index contributed by atoms with van der Waals surface area (Å²) in [5, 5.41) is 13.2. The molecule has 5 heterocycles. The molecule has 0 radical (unpaired) electrons. The molecular weight excluding hydrogens is 456 g/mol. The molecule has 10 nitrogen and oxygen atoms in total. The highest BCUT2D eigenvalue weighted by molar-refractivity contribution is 5.75. The monoisotopic (exact) mass is 480 g/mol. The molecule has 1 aliphatic carbocycles. The number of hydrogen-bond acceptors (Lipinski definition) is 8. The molecule has 0 amide bonds. The quantitative estimate of drug-likeness (QED) is 0.365. The fraction of sp³-hybridized carbons (Fsp3) is 0.308. The smallest absolute Gasteiger partial charge is 0.276 e. The first-order valence-corrected chi connectivity index (χ1v) is 12.1. The first-order chi connectivity index (χ1) is 17.6. The van der Waals surface area contributed by atoms with Gasteiger partial charge in [-0.05, 0) is 47.6 Å². The Morgan fingerprint density at radius 1 is 1.06 bits per heavy atom. The fourth-order valence-corrected chi connectivity index (χ4v) is 5.52. The van der Waals surface area contributed by atoms with Gasteiger partial charge in [0.2, 0.25) is 5.89 Å². The second kappa shape index (κ2) is 8.11. The predicted molar refractivity (Wildman–Crippen MR) is 132 cm³/mol. The van der Waals surface area contributed by atoms with Crippen molar-refractivity contribution in [1.29, 1.82) is 0 Å². The second-order valence-corrected chi connectivity index (χ2v) is 9.70. The maximum atomic E-state index is 12.7. The summed E-state index contributed by atoms with van der Waals surface area (Å²) in [6, 6.07) is 12.2. The summed E-state index contributed by atoms with van der Waals surface area (Å²) in [6.45, 7) is 2.23. The Morgan fingerprint density at radius 2 is 1.94 bits per heavy atom. The zero-order chi connectivity index (χ0) is 24.2. The van der Waals surface area contributed by atoms with Crippen molar-refractivity contribution in [2.45, 2.75) is 13.0 Å². The van der Waals surface area contributed by atoms with Gasteiger partial charge >= 0.3 is 0 Å². The van der Waals surface area contributed by atoms with Crippen LogP contribution in [0.25, 0.3) is 22.0 Å². The van der Waals surface area contributed by atoms with Gasteiger partial charge in [-0.2, -0.15) is 15.2 Å². The van der Waals surface area contributed by atoms with Gasteiger partial charge in [-0.15, -0.1) is 0 Å². The van der Waals surface area contributed by atoms with Gasteiger partial charge in [-0.3, -0.25) is 14.5 Å². The largest absolute Gasteiger partial charge is 0.371 e. The van der Waals surface area contributed by atoms with E-state index in [-0.39, 0.29) is 12.1 Å². The van der Waals surface area contributed by atoms with Crippen LogP contribution in [-0.2, 0) is 20.0 Å². The average molecular weight is 481 g/mol. The molecule has 10 heteroatoms. The first-order valence-electron chi connectivity index (χ1n) is 12.1. The number of piperidine rings is 1. The van der Waals surface area contributed by atoms with Crippen LogP contribution in [0.5, 0.6) is 0 Å². The topological polar surface area (TPSA) is 108 Å². The Hall–Kier alpha value is -4.34. The third-order valence-corrected chi connectivity index (χ3v) is 7.46. The summed E-state index contributed by atoms with van der Waals surface area (Å²) in [7, 11) is 1.94. The van der Waals surface area contributed by atoms with Crippen molar-refractivity contribution in [3.05, 3.63) is 83.3 Å². The van der Waals surface area contributed by atoms with Crippen LogP contribution in [0.4, 0.5) is 5.69 Å². The molecule has 1 aliphatic heterocycles. The van der Waals surface area contributed by atoms with Gasteiger partial charge in [-0.1, -0.05) is 17.3 Å². The van der Waals surface area contributed by atoms with Gasteiger partial charge in [0.1, 0.15) is 6.54 Å². The minimum absolute atomic E-state index is 0.148. The third kappa shape index (κ3) is 3.65. The molecule has 36 heavy (non-hydrogen) atoms. The molecule has 1 aromatic carbocycles. The highest BCUT2D eigenvalue weighted by Crippen LogP contribution is 2.53. The van der Waals surface area contributed by atoms with E-state index in [2.05, 4.69) is 54.5 Å². The molecule has 0 N–H and O–H groups in total. The normalized spacial score (nSPS) is 20.7. The summed E-state index contributed by atoms with van der Waals surface area (Å²) in [6.07, 6.45) is 7.97. The average Bonchev–Trinajstić information content (AvgIpc) is 3.37. The lowest BCUT2D eigenvalue weighted by atomic mass is 10.1. The summed E-state index contributed by atoms with van der Waals surface area (Å²) in [4.78, 5) is 23.9. The number of hydrogen-bond donors (Lipinski definition) is 0. The van der Waals surface area contributed by atoms with Crippen molar-refractivity contribution < 1.29 is 4.52 Å². The second-order valence-electron chi connectivity index (χ2n) is 9.70. The van der Waals surface area contributed by atoms with E-state index in [1.54, 1.807) is 24.5 Å². The summed E-state index contributed by atoms with van der Waals surface area (Å²) >= 11 is 0. The molecule has 3 atom stereocenters. The van der Waals surface area contributed by atoms with Crippen molar-refractivity contribution in [1.82, 2.24) is 34.7 Å². The molecular formula is C26H24N8O2. The molecule has 0 bridgehead atoms. The van der Waals surface area contributed by atoms with Crippen molar-refractivity contribution in [3.63, 3.8) is 0 Å². The van der Waals surface area contributed by atoms with Gasteiger partial charge in [0.15, 0.2) is 5.82 Å². The fourth-order valence-electron chi connectivity index (χ4n) is 5.52. The van der Waals surface area contributed by atoms with Crippen LogP contribution >= 0.6 is 0 Å². The van der Waals surface area contributed by atoms with Crippen LogP contribution in [0.15, 0.2) is 70.5 Å². The zero-order valence-electron chi connectivity index (χ0n) is 19.7. The zero-order valence-corrected chi connectivity index (χ0v) is 19.7. The lowest BCUT2D eigenvalue weighted by Crippen LogP contribution is -2.24. The van der Waals surface area contributed by atoms with Gasteiger partial charge < -0.3 is 9.42 Å². The SMILES string of the molecule is Cn1cc(-c2cccc(N3C[C@@H]4C(Cc5noc(Cn6ncc7ncccc7c6=O)n5)[C@@H]4C3)c2)cn1. The summed E-state index contributed by atoms with van der Waals surface area (Å²) in [5.74, 6) is 2.95. The molecule has 0 spiro atoms. The van der Waals surface area contributed by atoms with E-state index in [0.29, 0.717) is 40.4 Å². The predicted octanol–water partition coefficient (Wildman–Crippen LogP) is 2.55. The molecule has 180 valence electrons. The van der Waals surface area contributed by atoms with Crippen LogP contribution in [0.1, 0.15) is 11.7 Å². The van der Waals surface area contributed by atoms with Crippen molar-refractivity contribution >= 4 is 16.6 Å². The summed E-state index contributed by atoms with van der Waals surface area (Å²) < 4.78 is 8.61. The molecule has 1 saturated carbocycles. The molecule has 5 aromatic rings. The van der Waals surface area contributed by atoms with Gasteiger partial charge in [0.05, 0.1) is 23.3 Å². The highest BCUT2D eigenvalue weighted by Gasteiger charge is 2.55. The molecule has 2 fully saturated rings. The van der Waals surface area contributed by atoms with E-state index < -0.39 is 0 Å². The Morgan fingerprint density at radius 3 is 2.78 bits per heavy atom. The molecule has 1 unspecified atom stereocenters. The molecule has 4 aromatic heterocycles. The molecule has 7 rings (SSSR count). The van der Waals surface area contributed by atoms with Crippen molar-refractivity contribution in [2.24, 2.45) is 24.8 Å². The number of pyridine rings is 1. The van der Waals surface area contributed by atoms with Crippen LogP contribution in [0, 0.1) is 17.8 Å². The number of benzene rings is 1. The Labute approximate surface area is 206 Å². The minimum atomic E-state index is -0.218. The van der Waals surface area contributed by atoms with Crippen LogP contribution in [0.2, 0.25) is 0 Å². The van der Waals surface area contributed by atoms with Gasteiger partial charge in [-0.25, -0.2) is 4.68 Å². The van der Waals surface area contributed by atoms with Crippen LogP contribution in [-0.4, -0.2) is 47.8 Å². The number of aromatic nitrogens is 7. The van der Waals surface area contributed by atoms with Gasteiger partial charge in [0, 0.05) is 50.2 Å². The van der Waals surface area contributed by atoms with Crippen LogP contribution in [0.3, 0.4) is 0 Å². The number of aryl methyl sites for hydroxylation is 1. The van der Waals surface area contributed by atoms with E-state index >= 15 is 0 Å². The van der Waals surface area contributed by atoms with Crippen molar-refractivity contribution in [3.8, 4) is 11.1 Å². The third-order valence-electron chi connectivity index (χ3n) is 7.46. The Kier molecular flexibility index (Phi) is 4.73. The van der Waals surface area contributed by atoms with Gasteiger partial charge in [0.25, 0.3) is 5.56 Å². The highest BCUT2D eigenvalue weighted by atomic mass is 16.5. The standard InChI is InChI=1S/C26H24N8O2/c1-32-12-17(10-28-32)16-4-2-5-18(8-16)33-13-21-20(22(21)14-33)9-24-30-25(36-31-24)15-34-26(35)19-6-3-7-27-23(19)11-29-34/h2-8,10-12,20-22H,9,13-15H2,1H3/t20?,21-,22+. The maximum Gasteiger partial charge on any atom is 0.276 e. The molecule has 2 aliphatic rings. The number of anilines is 1. The molecule has 1 saturated heterocycles. The van der Waals surface area contributed by atoms with E-state index in [9.17, 15) is 4.79 Å². The lowest BCUT2D eigenvalue weighted by molar-refractivity contribution is 0.357. The maximum absolute atomic E-state index is 12.7. The lowest BCUT2D eigenvalue weighted by Gasteiger charge is -2.22. The van der Waals surface area contributed by atoms with E-state index in [0.717, 1.165) is 25.1 Å². The van der Waals surface area contributed by atoms with E-state index in [1.807, 2.05) is 24.1 Å². The number of fused-ring (bicyclic) bond motifs is 2. The Bertz CT molecular complexity index is 1620.